The summed E-state index contributed by atoms with van der Waals surface area (Å²) < 4.78 is 10.9. The van der Waals surface area contributed by atoms with Crippen LogP contribution in [-0.2, 0) is 0 Å². The minimum absolute atomic E-state index is 0.356. The molecule has 1 aromatic heterocycles. The summed E-state index contributed by atoms with van der Waals surface area (Å²) in [7, 11) is 0. The fraction of sp³-hybridized carbons (Fsp3) is 0.154. The van der Waals surface area contributed by atoms with Gasteiger partial charge < -0.3 is 9.47 Å². The van der Waals surface area contributed by atoms with Crippen molar-refractivity contribution in [1.82, 2.24) is 9.97 Å². The van der Waals surface area contributed by atoms with Gasteiger partial charge in [0.1, 0.15) is 25.2 Å². The van der Waals surface area contributed by atoms with Crippen molar-refractivity contribution in [1.29, 1.82) is 0 Å². The van der Waals surface area contributed by atoms with Crippen molar-refractivity contribution in [2.45, 2.75) is 0 Å². The number of rotatable bonds is 2. The van der Waals surface area contributed by atoms with Crippen LogP contribution in [0.15, 0.2) is 30.6 Å². The van der Waals surface area contributed by atoms with Crippen LogP contribution in [0.25, 0.3) is 11.3 Å². The normalized spacial score (nSPS) is 13.1. The molecular formula is C13H10N2O3. The third-order valence-electron chi connectivity index (χ3n) is 2.65. The molecule has 0 unspecified atom stereocenters. The minimum Gasteiger partial charge on any atom is -0.486 e. The zero-order valence-corrected chi connectivity index (χ0v) is 9.50. The van der Waals surface area contributed by atoms with Crippen molar-refractivity contribution in [2.75, 3.05) is 13.2 Å². The Hall–Kier alpha value is -2.43. The highest BCUT2D eigenvalue weighted by atomic mass is 16.6. The zero-order valence-electron chi connectivity index (χ0n) is 9.50. The molecule has 5 nitrogen and oxygen atoms in total. The molecule has 3 rings (SSSR count). The maximum Gasteiger partial charge on any atom is 0.168 e. The second-order valence-electron chi connectivity index (χ2n) is 3.80. The fourth-order valence-corrected chi connectivity index (χ4v) is 1.80. The van der Waals surface area contributed by atoms with Gasteiger partial charge >= 0.3 is 0 Å². The summed E-state index contributed by atoms with van der Waals surface area (Å²) in [5.74, 6) is 1.43. The second kappa shape index (κ2) is 4.44. The summed E-state index contributed by atoms with van der Waals surface area (Å²) >= 11 is 0. The minimum atomic E-state index is 0.356. The molecule has 0 N–H and O–H groups in total. The predicted molar refractivity (Wildman–Crippen MR) is 63.8 cm³/mol. The first kappa shape index (κ1) is 10.7. The van der Waals surface area contributed by atoms with Crippen molar-refractivity contribution >= 4 is 6.29 Å². The van der Waals surface area contributed by atoms with E-state index in [1.807, 2.05) is 18.2 Å². The topological polar surface area (TPSA) is 61.3 Å². The predicted octanol–water partition coefficient (Wildman–Crippen LogP) is 1.73. The fourth-order valence-electron chi connectivity index (χ4n) is 1.80. The van der Waals surface area contributed by atoms with Crippen LogP contribution < -0.4 is 9.47 Å². The second-order valence-corrected chi connectivity index (χ2v) is 3.80. The van der Waals surface area contributed by atoms with Gasteiger partial charge in [0.2, 0.25) is 0 Å². The van der Waals surface area contributed by atoms with Crippen LogP contribution >= 0.6 is 0 Å². The van der Waals surface area contributed by atoms with Gasteiger partial charge in [0.15, 0.2) is 17.8 Å². The van der Waals surface area contributed by atoms with Gasteiger partial charge in [-0.25, -0.2) is 9.97 Å². The molecule has 0 spiro atoms. The Morgan fingerprint density at radius 2 is 1.89 bits per heavy atom. The average Bonchev–Trinajstić information content (AvgIpc) is 2.47. The largest absolute Gasteiger partial charge is 0.486 e. The molecule has 0 fully saturated rings. The monoisotopic (exact) mass is 242 g/mol. The van der Waals surface area contributed by atoms with Crippen molar-refractivity contribution in [3.63, 3.8) is 0 Å². The molecule has 2 heterocycles. The van der Waals surface area contributed by atoms with Crippen LogP contribution in [0.5, 0.6) is 11.5 Å². The quantitative estimate of drug-likeness (QED) is 0.750. The van der Waals surface area contributed by atoms with E-state index in [9.17, 15) is 4.79 Å². The highest BCUT2D eigenvalue weighted by Gasteiger charge is 2.13. The molecule has 0 aliphatic carbocycles. The third kappa shape index (κ3) is 1.90. The van der Waals surface area contributed by atoms with E-state index in [-0.39, 0.29) is 0 Å². The molecular weight excluding hydrogens is 232 g/mol. The Morgan fingerprint density at radius 1 is 1.06 bits per heavy atom. The lowest BCUT2D eigenvalue weighted by molar-refractivity contribution is 0.111. The Bertz CT molecular complexity index is 599. The Balaban J connectivity index is 2.03. The van der Waals surface area contributed by atoms with Crippen molar-refractivity contribution in [3.8, 4) is 22.8 Å². The van der Waals surface area contributed by atoms with E-state index in [2.05, 4.69) is 9.97 Å². The number of carbonyl (C=O) groups excluding carboxylic acids is 1. The molecule has 0 atom stereocenters. The SMILES string of the molecule is O=Cc1cc(-c2ccc3c(c2)OCCO3)ncn1. The van der Waals surface area contributed by atoms with Gasteiger partial charge in [-0.3, -0.25) is 4.79 Å². The Labute approximate surface area is 103 Å². The van der Waals surface area contributed by atoms with E-state index in [4.69, 9.17) is 9.47 Å². The summed E-state index contributed by atoms with van der Waals surface area (Å²) in [6.45, 7) is 1.11. The van der Waals surface area contributed by atoms with Gasteiger partial charge in [0.05, 0.1) is 5.69 Å². The van der Waals surface area contributed by atoms with Gasteiger partial charge in [0, 0.05) is 5.56 Å². The maximum atomic E-state index is 10.7. The van der Waals surface area contributed by atoms with Crippen molar-refractivity contribution in [3.05, 3.63) is 36.3 Å². The average molecular weight is 242 g/mol. The first-order valence-electron chi connectivity index (χ1n) is 5.54. The molecule has 0 bridgehead atoms. The van der Waals surface area contributed by atoms with E-state index >= 15 is 0 Å². The van der Waals surface area contributed by atoms with Gasteiger partial charge in [-0.2, -0.15) is 0 Å². The molecule has 1 aliphatic heterocycles. The van der Waals surface area contributed by atoms with Crippen molar-refractivity contribution < 1.29 is 14.3 Å². The van der Waals surface area contributed by atoms with Gasteiger partial charge in [-0.1, -0.05) is 0 Å². The van der Waals surface area contributed by atoms with Crippen molar-refractivity contribution in [2.24, 2.45) is 0 Å². The molecule has 1 aliphatic rings. The van der Waals surface area contributed by atoms with Crippen LogP contribution in [0.4, 0.5) is 0 Å². The first-order chi connectivity index (χ1) is 8.86. The first-order valence-corrected chi connectivity index (χ1v) is 5.54. The molecule has 0 radical (unpaired) electrons. The van der Waals surface area contributed by atoms with Crippen LogP contribution in [-0.4, -0.2) is 29.5 Å². The number of hydrogen-bond donors (Lipinski definition) is 0. The highest BCUT2D eigenvalue weighted by molar-refractivity contribution is 5.75. The maximum absolute atomic E-state index is 10.7. The van der Waals surface area contributed by atoms with Crippen LogP contribution in [0, 0.1) is 0 Å². The van der Waals surface area contributed by atoms with E-state index in [0.29, 0.717) is 36.6 Å². The molecule has 1 aromatic carbocycles. The van der Waals surface area contributed by atoms with Crippen LogP contribution in [0.3, 0.4) is 0 Å². The Morgan fingerprint density at radius 3 is 2.72 bits per heavy atom. The lowest BCUT2D eigenvalue weighted by atomic mass is 10.1. The summed E-state index contributed by atoms with van der Waals surface area (Å²) in [5, 5.41) is 0. The molecule has 18 heavy (non-hydrogen) atoms. The molecule has 0 saturated heterocycles. The summed E-state index contributed by atoms with van der Waals surface area (Å²) in [4.78, 5) is 18.7. The van der Waals surface area contributed by atoms with E-state index in [1.165, 1.54) is 6.33 Å². The summed E-state index contributed by atoms with van der Waals surface area (Å²) in [6, 6.07) is 7.21. The zero-order chi connectivity index (χ0) is 12.4. The summed E-state index contributed by atoms with van der Waals surface area (Å²) in [5.41, 5.74) is 1.91. The number of fused-ring (bicyclic) bond motifs is 1. The van der Waals surface area contributed by atoms with E-state index in [0.717, 1.165) is 11.3 Å². The lowest BCUT2D eigenvalue weighted by Crippen LogP contribution is -2.15. The van der Waals surface area contributed by atoms with E-state index in [1.54, 1.807) is 6.07 Å². The number of benzene rings is 1. The van der Waals surface area contributed by atoms with Crippen LogP contribution in [0.1, 0.15) is 10.5 Å². The molecule has 2 aromatic rings. The third-order valence-corrected chi connectivity index (χ3v) is 2.65. The molecule has 0 amide bonds. The van der Waals surface area contributed by atoms with Crippen LogP contribution in [0.2, 0.25) is 0 Å². The number of aromatic nitrogens is 2. The van der Waals surface area contributed by atoms with Gasteiger partial charge in [-0.05, 0) is 24.3 Å². The number of aldehydes is 1. The smallest absolute Gasteiger partial charge is 0.168 e. The number of hydrogen-bond acceptors (Lipinski definition) is 5. The molecule has 5 heteroatoms. The highest BCUT2D eigenvalue weighted by Crippen LogP contribution is 2.33. The Kier molecular flexibility index (Phi) is 2.64. The number of ether oxygens (including phenoxy) is 2. The standard InChI is InChI=1S/C13H10N2O3/c16-7-10-6-11(15-8-14-10)9-1-2-12-13(5-9)18-4-3-17-12/h1-2,5-8H,3-4H2. The number of nitrogens with zero attached hydrogens (tertiary/aromatic N) is 2. The van der Waals surface area contributed by atoms with Gasteiger partial charge in [-0.15, -0.1) is 0 Å². The molecule has 0 saturated carbocycles. The molecule has 90 valence electrons. The van der Waals surface area contributed by atoms with E-state index < -0.39 is 0 Å². The lowest BCUT2D eigenvalue weighted by Gasteiger charge is -2.18. The van der Waals surface area contributed by atoms with Gasteiger partial charge in [0.25, 0.3) is 0 Å². The summed E-state index contributed by atoms with van der Waals surface area (Å²) in [6.07, 6.45) is 2.07. The number of carbonyl (C=O) groups is 1.